The molecule has 0 atom stereocenters. The molecule has 88 valence electrons. The topological polar surface area (TPSA) is 65.0 Å². The standard InChI is InChI=1S/C6H8F3NO4S/c1-5(2)3-4(10-14-5)13-15(11,12)6(7,8)9/h3H2,1-2H3. The fourth-order valence-corrected chi connectivity index (χ4v) is 1.26. The predicted molar refractivity (Wildman–Crippen MR) is 43.3 cm³/mol. The van der Waals surface area contributed by atoms with E-state index in [-0.39, 0.29) is 6.42 Å². The molecule has 0 N–H and O–H groups in total. The average Bonchev–Trinajstić information content (AvgIpc) is 2.26. The second-order valence-electron chi connectivity index (χ2n) is 3.50. The highest BCUT2D eigenvalue weighted by Gasteiger charge is 2.50. The van der Waals surface area contributed by atoms with E-state index in [1.807, 2.05) is 0 Å². The lowest BCUT2D eigenvalue weighted by atomic mass is 10.1. The summed E-state index contributed by atoms with van der Waals surface area (Å²) in [5.41, 5.74) is -6.31. The summed E-state index contributed by atoms with van der Waals surface area (Å²) in [5.74, 6) is -0.600. The third-order valence-corrected chi connectivity index (χ3v) is 2.44. The van der Waals surface area contributed by atoms with Crippen molar-refractivity contribution < 1.29 is 30.6 Å². The normalized spacial score (nSPS) is 20.7. The highest BCUT2D eigenvalue weighted by Crippen LogP contribution is 2.29. The van der Waals surface area contributed by atoms with Gasteiger partial charge in [0.05, 0.1) is 6.42 Å². The van der Waals surface area contributed by atoms with Gasteiger partial charge in [0.1, 0.15) is 5.60 Å². The van der Waals surface area contributed by atoms with Gasteiger partial charge in [-0.25, -0.2) is 0 Å². The monoisotopic (exact) mass is 247 g/mol. The van der Waals surface area contributed by atoms with Crippen molar-refractivity contribution in [2.24, 2.45) is 5.16 Å². The summed E-state index contributed by atoms with van der Waals surface area (Å²) in [6, 6.07) is 0. The van der Waals surface area contributed by atoms with E-state index >= 15 is 0 Å². The van der Waals surface area contributed by atoms with Crippen LogP contribution in [0.3, 0.4) is 0 Å². The van der Waals surface area contributed by atoms with Crippen molar-refractivity contribution in [1.82, 2.24) is 0 Å². The molecule has 9 heteroatoms. The molecule has 0 aromatic rings. The van der Waals surface area contributed by atoms with Crippen LogP contribution in [0.4, 0.5) is 13.2 Å². The third-order valence-electron chi connectivity index (χ3n) is 1.46. The van der Waals surface area contributed by atoms with Gasteiger partial charge in [0.15, 0.2) is 0 Å². The Bertz CT molecular complexity index is 384. The van der Waals surface area contributed by atoms with E-state index < -0.39 is 27.1 Å². The van der Waals surface area contributed by atoms with Crippen molar-refractivity contribution in [2.75, 3.05) is 0 Å². The minimum absolute atomic E-state index is 0.137. The van der Waals surface area contributed by atoms with Crippen LogP contribution >= 0.6 is 0 Å². The molecule has 0 saturated heterocycles. The predicted octanol–water partition coefficient (Wildman–Crippen LogP) is 1.37. The van der Waals surface area contributed by atoms with Crippen molar-refractivity contribution in [3.63, 3.8) is 0 Å². The summed E-state index contributed by atoms with van der Waals surface area (Å²) in [7, 11) is -5.64. The van der Waals surface area contributed by atoms with Gasteiger partial charge in [0.25, 0.3) is 0 Å². The van der Waals surface area contributed by atoms with Crippen molar-refractivity contribution >= 4 is 16.0 Å². The first-order valence-electron chi connectivity index (χ1n) is 3.79. The summed E-state index contributed by atoms with van der Waals surface area (Å²) in [4.78, 5) is 4.64. The fraction of sp³-hybridized carbons (Fsp3) is 0.833. The molecule has 0 spiro atoms. The Hall–Kier alpha value is -0.990. The maximum atomic E-state index is 11.9. The Kier molecular flexibility index (Phi) is 2.62. The van der Waals surface area contributed by atoms with E-state index in [9.17, 15) is 21.6 Å². The van der Waals surface area contributed by atoms with E-state index in [0.29, 0.717) is 0 Å². The first-order valence-corrected chi connectivity index (χ1v) is 5.20. The molecule has 0 bridgehead atoms. The molecule has 0 aromatic heterocycles. The highest BCUT2D eigenvalue weighted by molar-refractivity contribution is 7.88. The zero-order valence-corrected chi connectivity index (χ0v) is 8.65. The Morgan fingerprint density at radius 2 is 2.00 bits per heavy atom. The van der Waals surface area contributed by atoms with E-state index in [4.69, 9.17) is 0 Å². The zero-order valence-electron chi connectivity index (χ0n) is 7.83. The summed E-state index contributed by atoms with van der Waals surface area (Å²) in [6.45, 7) is 3.07. The van der Waals surface area contributed by atoms with Gasteiger partial charge in [0, 0.05) is 0 Å². The minimum atomic E-state index is -5.64. The molecule has 1 rings (SSSR count). The lowest BCUT2D eigenvalue weighted by Gasteiger charge is -2.13. The van der Waals surface area contributed by atoms with E-state index in [0.717, 1.165) is 0 Å². The maximum absolute atomic E-state index is 11.9. The molecule has 0 radical (unpaired) electrons. The van der Waals surface area contributed by atoms with Gasteiger partial charge >= 0.3 is 15.6 Å². The molecule has 15 heavy (non-hydrogen) atoms. The first-order chi connectivity index (χ1) is 6.54. The third kappa shape index (κ3) is 2.74. The van der Waals surface area contributed by atoms with Gasteiger partial charge < -0.3 is 9.02 Å². The van der Waals surface area contributed by atoms with Gasteiger partial charge in [-0.1, -0.05) is 0 Å². The van der Waals surface area contributed by atoms with E-state index in [1.54, 1.807) is 0 Å². The van der Waals surface area contributed by atoms with E-state index in [2.05, 4.69) is 14.2 Å². The molecule has 1 heterocycles. The molecule has 1 aliphatic rings. The number of hydrogen-bond donors (Lipinski definition) is 0. The van der Waals surface area contributed by atoms with Gasteiger partial charge in [-0.05, 0) is 19.0 Å². The molecule has 0 unspecified atom stereocenters. The second-order valence-corrected chi connectivity index (χ2v) is 5.03. The van der Waals surface area contributed by atoms with Crippen LogP contribution in [0, 0.1) is 0 Å². The highest BCUT2D eigenvalue weighted by atomic mass is 32.2. The summed E-state index contributed by atoms with van der Waals surface area (Å²) >= 11 is 0. The van der Waals surface area contributed by atoms with Crippen LogP contribution in [-0.4, -0.2) is 25.4 Å². The van der Waals surface area contributed by atoms with Gasteiger partial charge in [0.2, 0.25) is 5.90 Å². The van der Waals surface area contributed by atoms with Crippen LogP contribution in [0.1, 0.15) is 20.3 Å². The first kappa shape index (κ1) is 12.1. The maximum Gasteiger partial charge on any atom is 0.534 e. The second kappa shape index (κ2) is 3.26. The van der Waals surface area contributed by atoms with Gasteiger partial charge in [-0.15, -0.1) is 0 Å². The summed E-state index contributed by atoms with van der Waals surface area (Å²) < 4.78 is 60.5. The lowest BCUT2D eigenvalue weighted by Crippen LogP contribution is -2.29. The van der Waals surface area contributed by atoms with Crippen LogP contribution < -0.4 is 0 Å². The number of hydrogen-bond acceptors (Lipinski definition) is 5. The van der Waals surface area contributed by atoms with Crippen molar-refractivity contribution in [1.29, 1.82) is 0 Å². The molecule has 0 saturated carbocycles. The van der Waals surface area contributed by atoms with Crippen molar-refractivity contribution in [3.05, 3.63) is 0 Å². The number of oxime groups is 1. The quantitative estimate of drug-likeness (QED) is 0.518. The van der Waals surface area contributed by atoms with Crippen LogP contribution in [0.15, 0.2) is 5.16 Å². The molecule has 0 fully saturated rings. The van der Waals surface area contributed by atoms with Crippen LogP contribution in [0.25, 0.3) is 0 Å². The lowest BCUT2D eigenvalue weighted by molar-refractivity contribution is -0.0505. The molecule has 0 amide bonds. The van der Waals surface area contributed by atoms with Gasteiger partial charge in [-0.3, -0.25) is 0 Å². The molecule has 5 nitrogen and oxygen atoms in total. The smallest absolute Gasteiger partial charge is 0.386 e. The largest absolute Gasteiger partial charge is 0.534 e. The SMILES string of the molecule is CC1(C)CC(OS(=O)(=O)C(F)(F)F)=NO1. The Balaban J connectivity index is 2.74. The Morgan fingerprint density at radius 1 is 1.47 bits per heavy atom. The molecule has 0 aromatic carbocycles. The van der Waals surface area contributed by atoms with Crippen LogP contribution in [-0.2, 0) is 19.1 Å². The summed E-state index contributed by atoms with van der Waals surface area (Å²) in [6.07, 6.45) is -0.137. The molecule has 1 aliphatic heterocycles. The average molecular weight is 247 g/mol. The summed E-state index contributed by atoms with van der Waals surface area (Å²) in [5, 5.41) is 3.10. The zero-order chi connectivity index (χ0) is 11.9. The Morgan fingerprint density at radius 3 is 2.33 bits per heavy atom. The number of halogens is 3. The van der Waals surface area contributed by atoms with Crippen LogP contribution in [0.2, 0.25) is 0 Å². The van der Waals surface area contributed by atoms with Crippen molar-refractivity contribution in [3.8, 4) is 0 Å². The number of rotatable bonds is 1. The molecular weight excluding hydrogens is 239 g/mol. The molecular formula is C6H8F3NO4S. The van der Waals surface area contributed by atoms with Crippen LogP contribution in [0.5, 0.6) is 0 Å². The number of alkyl halides is 3. The van der Waals surface area contributed by atoms with Crippen molar-refractivity contribution in [2.45, 2.75) is 31.4 Å². The molecule has 0 aliphatic carbocycles. The minimum Gasteiger partial charge on any atom is -0.386 e. The Labute approximate surface area is 84.0 Å². The van der Waals surface area contributed by atoms with Gasteiger partial charge in [-0.2, -0.15) is 21.6 Å². The number of nitrogens with zero attached hydrogens (tertiary/aromatic N) is 1. The van der Waals surface area contributed by atoms with E-state index in [1.165, 1.54) is 13.8 Å². The fourth-order valence-electron chi connectivity index (χ4n) is 0.822.